The van der Waals surface area contributed by atoms with E-state index in [1.807, 2.05) is 0 Å². The highest BCUT2D eigenvalue weighted by Crippen LogP contribution is 2.52. The van der Waals surface area contributed by atoms with Crippen molar-refractivity contribution < 1.29 is 23.1 Å². The number of carbonyl (C=O) groups excluding carboxylic acids is 2. The molecule has 2 fully saturated rings. The van der Waals surface area contributed by atoms with Crippen LogP contribution in [-0.4, -0.2) is 56.0 Å². The van der Waals surface area contributed by atoms with Gasteiger partial charge in [0, 0.05) is 26.2 Å². The standard InChI is InChI=1S/C21H24F2N4O3/c1-24-21(26-7-9-30-16-5-4-14(22)11-15(16)23)25-6-8-27-19(28)17-12-2-3-13(10-12)18(17)20(27)29/h2-5,11-13,17-18H,6-10H2,1H3,(H2,24,25,26). The van der Waals surface area contributed by atoms with Crippen LogP contribution in [0, 0.1) is 35.3 Å². The first-order valence-corrected chi connectivity index (χ1v) is 10.1. The van der Waals surface area contributed by atoms with E-state index in [4.69, 9.17) is 4.74 Å². The number of halogens is 2. The predicted octanol–water partition coefficient (Wildman–Crippen LogP) is 1.32. The van der Waals surface area contributed by atoms with Crippen molar-refractivity contribution >= 4 is 17.8 Å². The predicted molar refractivity (Wildman–Crippen MR) is 106 cm³/mol. The highest BCUT2D eigenvalue weighted by Gasteiger charge is 2.58. The monoisotopic (exact) mass is 418 g/mol. The van der Waals surface area contributed by atoms with Crippen LogP contribution < -0.4 is 15.4 Å². The van der Waals surface area contributed by atoms with Gasteiger partial charge >= 0.3 is 0 Å². The Morgan fingerprint density at radius 1 is 1.13 bits per heavy atom. The van der Waals surface area contributed by atoms with E-state index in [1.54, 1.807) is 7.05 Å². The van der Waals surface area contributed by atoms with Crippen LogP contribution in [0.2, 0.25) is 0 Å². The van der Waals surface area contributed by atoms with Gasteiger partial charge in [0.15, 0.2) is 17.5 Å². The van der Waals surface area contributed by atoms with Crippen molar-refractivity contribution in [2.24, 2.45) is 28.7 Å². The third-order valence-electron chi connectivity index (χ3n) is 5.96. The second kappa shape index (κ2) is 8.41. The number of aliphatic imine (C=N–C) groups is 1. The highest BCUT2D eigenvalue weighted by atomic mass is 19.1. The number of rotatable bonds is 7. The van der Waals surface area contributed by atoms with Gasteiger partial charge in [0.2, 0.25) is 11.8 Å². The van der Waals surface area contributed by atoms with Crippen molar-refractivity contribution in [2.45, 2.75) is 6.42 Å². The van der Waals surface area contributed by atoms with Gasteiger partial charge < -0.3 is 15.4 Å². The number of allylic oxidation sites excluding steroid dienone is 2. The Balaban J connectivity index is 1.19. The number of hydrogen-bond donors (Lipinski definition) is 2. The number of fused-ring (bicyclic) bond motifs is 5. The van der Waals surface area contributed by atoms with Crippen LogP contribution in [0.15, 0.2) is 35.3 Å². The average molecular weight is 418 g/mol. The van der Waals surface area contributed by atoms with Gasteiger partial charge in [0.05, 0.1) is 18.4 Å². The minimum absolute atomic E-state index is 0.0267. The van der Waals surface area contributed by atoms with E-state index < -0.39 is 11.6 Å². The van der Waals surface area contributed by atoms with Crippen molar-refractivity contribution in [1.82, 2.24) is 15.5 Å². The lowest BCUT2D eigenvalue weighted by Gasteiger charge is -2.18. The number of carbonyl (C=O) groups is 2. The fourth-order valence-corrected chi connectivity index (χ4v) is 4.61. The van der Waals surface area contributed by atoms with Crippen LogP contribution in [0.1, 0.15) is 6.42 Å². The summed E-state index contributed by atoms with van der Waals surface area (Å²) in [6.45, 7) is 1.12. The van der Waals surface area contributed by atoms with E-state index >= 15 is 0 Å². The summed E-state index contributed by atoms with van der Waals surface area (Å²) in [4.78, 5) is 30.7. The van der Waals surface area contributed by atoms with Crippen molar-refractivity contribution in [2.75, 3.05) is 33.3 Å². The molecule has 160 valence electrons. The zero-order chi connectivity index (χ0) is 21.3. The number of benzene rings is 1. The lowest BCUT2D eigenvalue weighted by atomic mass is 9.85. The second-order valence-electron chi connectivity index (χ2n) is 7.68. The van der Waals surface area contributed by atoms with Crippen LogP contribution in [0.5, 0.6) is 5.75 Å². The molecule has 30 heavy (non-hydrogen) atoms. The Morgan fingerprint density at radius 3 is 2.43 bits per heavy atom. The molecule has 7 nitrogen and oxygen atoms in total. The molecule has 2 bridgehead atoms. The summed E-state index contributed by atoms with van der Waals surface area (Å²) in [6.07, 6.45) is 5.06. The van der Waals surface area contributed by atoms with Crippen LogP contribution in [0.3, 0.4) is 0 Å². The van der Waals surface area contributed by atoms with Gasteiger partial charge in [0.1, 0.15) is 12.4 Å². The van der Waals surface area contributed by atoms with Crippen LogP contribution in [0.25, 0.3) is 0 Å². The van der Waals surface area contributed by atoms with Crippen molar-refractivity contribution in [3.05, 3.63) is 42.0 Å². The van der Waals surface area contributed by atoms with Crippen molar-refractivity contribution in [3.63, 3.8) is 0 Å². The number of guanidine groups is 1. The van der Waals surface area contributed by atoms with E-state index in [-0.39, 0.29) is 54.4 Å². The smallest absolute Gasteiger partial charge is 0.233 e. The topological polar surface area (TPSA) is 83.0 Å². The summed E-state index contributed by atoms with van der Waals surface area (Å²) in [6, 6.07) is 3.13. The average Bonchev–Trinajstić information content (AvgIpc) is 3.40. The Kier molecular flexibility index (Phi) is 5.69. The third-order valence-corrected chi connectivity index (χ3v) is 5.96. The van der Waals surface area contributed by atoms with Gasteiger partial charge in [-0.25, -0.2) is 8.78 Å². The molecular formula is C21H24F2N4O3. The maximum Gasteiger partial charge on any atom is 0.233 e. The SMILES string of the molecule is CN=C(NCCOc1ccc(F)cc1F)NCCN1C(=O)C2C3C=CC(C3)C2C1=O. The summed E-state index contributed by atoms with van der Waals surface area (Å²) >= 11 is 0. The Hall–Kier alpha value is -2.97. The Bertz CT molecular complexity index is 874. The van der Waals surface area contributed by atoms with Gasteiger partial charge in [-0.15, -0.1) is 0 Å². The van der Waals surface area contributed by atoms with Gasteiger partial charge in [0.25, 0.3) is 0 Å². The molecular weight excluding hydrogens is 394 g/mol. The Morgan fingerprint density at radius 2 is 1.80 bits per heavy atom. The van der Waals surface area contributed by atoms with E-state index in [1.165, 1.54) is 11.0 Å². The number of imide groups is 1. The fraction of sp³-hybridized carbons (Fsp3) is 0.476. The molecule has 9 heteroatoms. The van der Waals surface area contributed by atoms with Gasteiger partial charge in [-0.1, -0.05) is 12.2 Å². The summed E-state index contributed by atoms with van der Waals surface area (Å²) in [7, 11) is 1.59. The number of nitrogens with zero attached hydrogens (tertiary/aromatic N) is 2. The molecule has 2 N–H and O–H groups in total. The largest absolute Gasteiger partial charge is 0.489 e. The molecule has 2 aliphatic carbocycles. The molecule has 2 amide bonds. The molecule has 3 aliphatic rings. The summed E-state index contributed by atoms with van der Waals surface area (Å²) in [5.74, 6) is -1.08. The first kappa shape index (κ1) is 20.3. The molecule has 0 radical (unpaired) electrons. The van der Waals surface area contributed by atoms with Crippen molar-refractivity contribution in [1.29, 1.82) is 0 Å². The number of likely N-dealkylation sites (tertiary alicyclic amines) is 1. The maximum absolute atomic E-state index is 13.5. The van der Waals surface area contributed by atoms with Gasteiger partial charge in [-0.05, 0) is 30.4 Å². The first-order valence-electron chi connectivity index (χ1n) is 10.1. The van der Waals surface area contributed by atoms with Crippen LogP contribution >= 0.6 is 0 Å². The summed E-state index contributed by atoms with van der Waals surface area (Å²) < 4.78 is 31.7. The molecule has 1 aromatic carbocycles. The molecule has 4 unspecified atom stereocenters. The molecule has 0 aromatic heterocycles. The second-order valence-corrected chi connectivity index (χ2v) is 7.68. The normalized spacial score (nSPS) is 27.0. The van der Waals surface area contributed by atoms with E-state index in [9.17, 15) is 18.4 Å². The Labute approximate surface area is 173 Å². The van der Waals surface area contributed by atoms with Gasteiger partial charge in [-0.2, -0.15) is 0 Å². The van der Waals surface area contributed by atoms with Crippen LogP contribution in [0.4, 0.5) is 8.78 Å². The zero-order valence-electron chi connectivity index (χ0n) is 16.6. The van der Waals surface area contributed by atoms with E-state index in [0.717, 1.165) is 18.6 Å². The lowest BCUT2D eigenvalue weighted by molar-refractivity contribution is -0.140. The first-order chi connectivity index (χ1) is 14.5. The summed E-state index contributed by atoms with van der Waals surface area (Å²) in [5.41, 5.74) is 0. The molecule has 1 saturated heterocycles. The van der Waals surface area contributed by atoms with E-state index in [2.05, 4.69) is 27.8 Å². The van der Waals surface area contributed by atoms with Crippen molar-refractivity contribution in [3.8, 4) is 5.75 Å². The number of nitrogens with one attached hydrogen (secondary N) is 2. The molecule has 1 aliphatic heterocycles. The maximum atomic E-state index is 13.5. The number of ether oxygens (including phenoxy) is 1. The number of hydrogen-bond acceptors (Lipinski definition) is 4. The zero-order valence-corrected chi connectivity index (χ0v) is 16.6. The van der Waals surface area contributed by atoms with Gasteiger partial charge in [-0.3, -0.25) is 19.5 Å². The quantitative estimate of drug-likeness (QED) is 0.229. The number of amides is 2. The fourth-order valence-electron chi connectivity index (χ4n) is 4.61. The minimum atomic E-state index is -0.758. The highest BCUT2D eigenvalue weighted by molar-refractivity contribution is 6.06. The molecule has 1 saturated carbocycles. The molecule has 0 spiro atoms. The molecule has 4 rings (SSSR count). The molecule has 1 heterocycles. The molecule has 4 atom stereocenters. The minimum Gasteiger partial charge on any atom is -0.489 e. The van der Waals surface area contributed by atoms with E-state index in [0.29, 0.717) is 19.0 Å². The third kappa shape index (κ3) is 3.76. The lowest BCUT2D eigenvalue weighted by Crippen LogP contribution is -2.44. The van der Waals surface area contributed by atoms with Crippen LogP contribution in [-0.2, 0) is 9.59 Å². The summed E-state index contributed by atoms with van der Waals surface area (Å²) in [5, 5.41) is 6.06. The molecule has 1 aromatic rings.